The summed E-state index contributed by atoms with van der Waals surface area (Å²) in [5, 5.41) is 0.808. The summed E-state index contributed by atoms with van der Waals surface area (Å²) in [6.45, 7) is 0.632. The van der Waals surface area contributed by atoms with Gasteiger partial charge in [-0.05, 0) is 18.2 Å². The second-order valence-electron chi connectivity index (χ2n) is 2.33. The molecule has 0 N–H and O–H groups in total. The van der Waals surface area contributed by atoms with Crippen LogP contribution in [0.2, 0.25) is 0 Å². The van der Waals surface area contributed by atoms with Crippen molar-refractivity contribution >= 4 is 31.9 Å². The zero-order chi connectivity index (χ0) is 9.68. The van der Waals surface area contributed by atoms with E-state index in [9.17, 15) is 0 Å². The van der Waals surface area contributed by atoms with Gasteiger partial charge in [0.15, 0.2) is 11.5 Å². The minimum atomic E-state index is 0.632. The van der Waals surface area contributed by atoms with E-state index in [0.717, 1.165) is 21.3 Å². The fourth-order valence-corrected chi connectivity index (χ4v) is 1.41. The number of methoxy groups -OCH3 is 1. The predicted molar refractivity (Wildman–Crippen MR) is 60.0 cm³/mol. The van der Waals surface area contributed by atoms with Crippen LogP contribution in [0.5, 0.6) is 11.5 Å². The van der Waals surface area contributed by atoms with Crippen LogP contribution < -0.4 is 9.47 Å². The van der Waals surface area contributed by atoms with Gasteiger partial charge in [0, 0.05) is 9.80 Å². The van der Waals surface area contributed by atoms with E-state index in [2.05, 4.69) is 31.9 Å². The van der Waals surface area contributed by atoms with E-state index in [1.165, 1.54) is 0 Å². The van der Waals surface area contributed by atoms with Gasteiger partial charge in [0.1, 0.15) is 0 Å². The Labute approximate surface area is 94.5 Å². The molecule has 0 atom stereocenters. The highest BCUT2D eigenvalue weighted by atomic mass is 79.9. The van der Waals surface area contributed by atoms with Crippen LogP contribution in [-0.4, -0.2) is 19.0 Å². The van der Waals surface area contributed by atoms with Crippen molar-refractivity contribution in [1.82, 2.24) is 0 Å². The highest BCUT2D eigenvalue weighted by Crippen LogP contribution is 2.30. The monoisotopic (exact) mass is 308 g/mol. The SMILES string of the molecule is COc1ccc(Br)cc1OCCBr. The lowest BCUT2D eigenvalue weighted by Gasteiger charge is -2.09. The summed E-state index contributed by atoms with van der Waals surface area (Å²) in [5.41, 5.74) is 0. The largest absolute Gasteiger partial charge is 0.493 e. The van der Waals surface area contributed by atoms with Gasteiger partial charge in [-0.2, -0.15) is 0 Å². The summed E-state index contributed by atoms with van der Waals surface area (Å²) in [4.78, 5) is 0. The summed E-state index contributed by atoms with van der Waals surface area (Å²) < 4.78 is 11.6. The highest BCUT2D eigenvalue weighted by Gasteiger charge is 2.03. The number of ether oxygens (including phenoxy) is 2. The molecular formula is C9H10Br2O2. The van der Waals surface area contributed by atoms with E-state index < -0.39 is 0 Å². The Morgan fingerprint density at radius 1 is 1.31 bits per heavy atom. The van der Waals surface area contributed by atoms with E-state index in [4.69, 9.17) is 9.47 Å². The topological polar surface area (TPSA) is 18.5 Å². The lowest BCUT2D eigenvalue weighted by molar-refractivity contribution is 0.314. The third-order valence-electron chi connectivity index (χ3n) is 1.46. The van der Waals surface area contributed by atoms with Gasteiger partial charge < -0.3 is 9.47 Å². The molecule has 4 heteroatoms. The standard InChI is InChI=1S/C9H10Br2O2/c1-12-8-3-2-7(11)6-9(8)13-5-4-10/h2-3,6H,4-5H2,1H3. The quantitative estimate of drug-likeness (QED) is 0.795. The van der Waals surface area contributed by atoms with Crippen molar-refractivity contribution in [3.8, 4) is 11.5 Å². The molecule has 2 nitrogen and oxygen atoms in total. The van der Waals surface area contributed by atoms with E-state index in [-0.39, 0.29) is 0 Å². The van der Waals surface area contributed by atoms with Gasteiger partial charge in [-0.25, -0.2) is 0 Å². The highest BCUT2D eigenvalue weighted by molar-refractivity contribution is 9.10. The number of halogens is 2. The Bertz CT molecular complexity index is 276. The zero-order valence-electron chi connectivity index (χ0n) is 7.22. The van der Waals surface area contributed by atoms with Crippen molar-refractivity contribution < 1.29 is 9.47 Å². The maximum absolute atomic E-state index is 5.46. The summed E-state index contributed by atoms with van der Waals surface area (Å²) in [5.74, 6) is 1.51. The van der Waals surface area contributed by atoms with Crippen molar-refractivity contribution in [2.45, 2.75) is 0 Å². The molecule has 13 heavy (non-hydrogen) atoms. The average Bonchev–Trinajstić information content (AvgIpc) is 2.15. The lowest BCUT2D eigenvalue weighted by Crippen LogP contribution is -1.99. The Morgan fingerprint density at radius 3 is 2.69 bits per heavy atom. The van der Waals surface area contributed by atoms with Crippen LogP contribution in [0.1, 0.15) is 0 Å². The Balaban J connectivity index is 2.81. The Hall–Kier alpha value is -0.220. The molecule has 1 aromatic rings. The molecule has 0 amide bonds. The Kier molecular flexibility index (Phi) is 4.59. The van der Waals surface area contributed by atoms with Crippen LogP contribution in [-0.2, 0) is 0 Å². The van der Waals surface area contributed by atoms with Crippen LogP contribution in [0, 0.1) is 0 Å². The third-order valence-corrected chi connectivity index (χ3v) is 2.28. The summed E-state index contributed by atoms with van der Waals surface area (Å²) in [6.07, 6.45) is 0. The summed E-state index contributed by atoms with van der Waals surface area (Å²) in [6, 6.07) is 5.68. The van der Waals surface area contributed by atoms with E-state index in [1.807, 2.05) is 18.2 Å². The molecule has 0 bridgehead atoms. The minimum absolute atomic E-state index is 0.632. The van der Waals surface area contributed by atoms with Crippen molar-refractivity contribution in [1.29, 1.82) is 0 Å². The van der Waals surface area contributed by atoms with Gasteiger partial charge in [-0.1, -0.05) is 31.9 Å². The van der Waals surface area contributed by atoms with Crippen molar-refractivity contribution in [2.24, 2.45) is 0 Å². The van der Waals surface area contributed by atoms with Crippen LogP contribution >= 0.6 is 31.9 Å². The zero-order valence-corrected chi connectivity index (χ0v) is 10.4. The first kappa shape index (κ1) is 10.9. The molecule has 0 saturated heterocycles. The van der Waals surface area contributed by atoms with Gasteiger partial charge in [0.2, 0.25) is 0 Å². The summed E-state index contributed by atoms with van der Waals surface area (Å²) >= 11 is 6.66. The van der Waals surface area contributed by atoms with Gasteiger partial charge >= 0.3 is 0 Å². The molecule has 0 aliphatic rings. The van der Waals surface area contributed by atoms with Gasteiger partial charge in [-0.3, -0.25) is 0 Å². The molecular weight excluding hydrogens is 300 g/mol. The molecule has 0 heterocycles. The molecule has 0 fully saturated rings. The molecule has 0 aliphatic heterocycles. The molecule has 1 rings (SSSR count). The Morgan fingerprint density at radius 2 is 2.08 bits per heavy atom. The fraction of sp³-hybridized carbons (Fsp3) is 0.333. The molecule has 0 spiro atoms. The number of alkyl halides is 1. The molecule has 0 unspecified atom stereocenters. The van der Waals surface area contributed by atoms with Crippen LogP contribution in [0.15, 0.2) is 22.7 Å². The summed E-state index contributed by atoms with van der Waals surface area (Å²) in [7, 11) is 1.63. The average molecular weight is 310 g/mol. The third kappa shape index (κ3) is 3.19. The van der Waals surface area contributed by atoms with Crippen molar-refractivity contribution in [2.75, 3.05) is 19.0 Å². The molecule has 1 aromatic carbocycles. The molecule has 0 aromatic heterocycles. The molecule has 0 radical (unpaired) electrons. The molecule has 72 valence electrons. The first-order valence-electron chi connectivity index (χ1n) is 3.80. The first-order valence-corrected chi connectivity index (χ1v) is 5.71. The van der Waals surface area contributed by atoms with E-state index in [0.29, 0.717) is 6.61 Å². The maximum atomic E-state index is 5.46. The van der Waals surface area contributed by atoms with Crippen LogP contribution in [0.3, 0.4) is 0 Å². The molecule has 0 saturated carbocycles. The van der Waals surface area contributed by atoms with E-state index in [1.54, 1.807) is 7.11 Å². The second kappa shape index (κ2) is 5.50. The number of hydrogen-bond donors (Lipinski definition) is 0. The smallest absolute Gasteiger partial charge is 0.162 e. The van der Waals surface area contributed by atoms with Gasteiger partial charge in [-0.15, -0.1) is 0 Å². The second-order valence-corrected chi connectivity index (χ2v) is 4.04. The lowest BCUT2D eigenvalue weighted by atomic mass is 10.3. The maximum Gasteiger partial charge on any atom is 0.162 e. The van der Waals surface area contributed by atoms with Gasteiger partial charge in [0.25, 0.3) is 0 Å². The van der Waals surface area contributed by atoms with Crippen LogP contribution in [0.25, 0.3) is 0 Å². The number of rotatable bonds is 4. The molecule has 0 aliphatic carbocycles. The predicted octanol–water partition coefficient (Wildman–Crippen LogP) is 3.23. The first-order chi connectivity index (χ1) is 6.27. The fourth-order valence-electron chi connectivity index (χ4n) is 0.912. The number of hydrogen-bond acceptors (Lipinski definition) is 2. The van der Waals surface area contributed by atoms with Gasteiger partial charge in [0.05, 0.1) is 13.7 Å². The van der Waals surface area contributed by atoms with Crippen molar-refractivity contribution in [3.05, 3.63) is 22.7 Å². The normalized spacial score (nSPS) is 9.77. The van der Waals surface area contributed by atoms with E-state index >= 15 is 0 Å². The van der Waals surface area contributed by atoms with Crippen molar-refractivity contribution in [3.63, 3.8) is 0 Å². The number of benzene rings is 1. The minimum Gasteiger partial charge on any atom is -0.493 e. The van der Waals surface area contributed by atoms with Crippen LogP contribution in [0.4, 0.5) is 0 Å².